The summed E-state index contributed by atoms with van der Waals surface area (Å²) in [6.45, 7) is 16.1. The average Bonchev–Trinajstić information content (AvgIpc) is 3.10. The Bertz CT molecular complexity index is 1340. The van der Waals surface area contributed by atoms with Crippen LogP contribution in [0.2, 0.25) is 0 Å². The van der Waals surface area contributed by atoms with E-state index in [-0.39, 0.29) is 27.7 Å². The van der Waals surface area contributed by atoms with E-state index in [4.69, 9.17) is 18.6 Å². The van der Waals surface area contributed by atoms with Crippen LogP contribution in [0.1, 0.15) is 119 Å². The number of fused-ring (bicyclic) bond motifs is 4. The molecule has 2 aromatic rings. The van der Waals surface area contributed by atoms with E-state index >= 15 is 0 Å². The highest BCUT2D eigenvalue weighted by Gasteiger charge is 2.59. The van der Waals surface area contributed by atoms with Crippen LogP contribution in [-0.4, -0.2) is 40.6 Å². The van der Waals surface area contributed by atoms with Gasteiger partial charge in [0, 0.05) is 58.8 Å². The molecule has 0 radical (unpaired) electrons. The van der Waals surface area contributed by atoms with Gasteiger partial charge in [0.05, 0.1) is 17.4 Å². The van der Waals surface area contributed by atoms with Gasteiger partial charge in [-0.1, -0.05) is 60.6 Å². The second-order valence-corrected chi connectivity index (χ2v) is 18.5. The van der Waals surface area contributed by atoms with Crippen LogP contribution >= 0.6 is 10.3 Å². The van der Waals surface area contributed by atoms with Gasteiger partial charge in [-0.25, -0.2) is 0 Å². The molecular weight excluding hydrogens is 563 g/mol. The number of rotatable bonds is 4. The van der Waals surface area contributed by atoms with Gasteiger partial charge in [-0.15, -0.1) is 10.3 Å². The van der Waals surface area contributed by atoms with Crippen molar-refractivity contribution in [3.63, 3.8) is 0 Å². The van der Waals surface area contributed by atoms with Gasteiger partial charge in [0.25, 0.3) is 0 Å². The van der Waals surface area contributed by atoms with E-state index in [1.807, 2.05) is 13.8 Å². The van der Waals surface area contributed by atoms with Gasteiger partial charge in [-0.2, -0.15) is 13.2 Å². The minimum Gasteiger partial charge on any atom is -0.381 e. The number of pyridine rings is 1. The van der Waals surface area contributed by atoms with E-state index in [1.165, 1.54) is 12.1 Å². The van der Waals surface area contributed by atoms with Crippen LogP contribution in [-0.2, 0) is 37.6 Å². The minimum atomic E-state index is -4.49. The van der Waals surface area contributed by atoms with E-state index < -0.39 is 33.4 Å². The topological polar surface area (TPSA) is 60.8 Å². The van der Waals surface area contributed by atoms with Crippen LogP contribution < -0.4 is 0 Å². The molecule has 1 saturated heterocycles. The van der Waals surface area contributed by atoms with Gasteiger partial charge in [-0.05, 0) is 48.8 Å². The van der Waals surface area contributed by atoms with Gasteiger partial charge < -0.3 is 18.8 Å². The zero-order chi connectivity index (χ0) is 31.1. The Morgan fingerprint density at radius 3 is 2.14 bits per heavy atom. The Balaban J connectivity index is 1.81. The van der Waals surface area contributed by atoms with Crippen LogP contribution in [0.25, 0.3) is 0 Å². The molecule has 9 heteroatoms. The largest absolute Gasteiger partial charge is 0.416 e. The number of halogens is 3. The lowest BCUT2D eigenvalue weighted by atomic mass is 9.69. The van der Waals surface area contributed by atoms with Gasteiger partial charge >= 0.3 is 6.18 Å². The Hall–Kier alpha value is -1.65. The first-order chi connectivity index (χ1) is 19.2. The molecule has 0 saturated carbocycles. The molecular formula is C33H46F3NO4S. The summed E-state index contributed by atoms with van der Waals surface area (Å²) in [4.78, 5) is 5.26. The number of alkyl halides is 3. The molecule has 42 heavy (non-hydrogen) atoms. The molecule has 234 valence electrons. The zero-order valence-electron chi connectivity index (χ0n) is 26.4. The standard InChI is InChI=1S/C33H46F3NO4S/c1-20(2)28-27-26(25-23(37-28)18-30(6,7)19-24(25)40-42(8,9)29(3,4)5)31(14-16-39-17-15-31)41-32(27,38)21-10-12-22(13-11-21)33(34,35)36/h10-13,20,24,38H,14-19H2,1-9H3. The molecule has 2 unspecified atom stereocenters. The molecule has 1 spiro atoms. The second-order valence-electron chi connectivity index (χ2n) is 14.7. The Kier molecular flexibility index (Phi) is 7.71. The van der Waals surface area contributed by atoms with E-state index in [0.717, 1.165) is 41.8 Å². The van der Waals surface area contributed by atoms with Crippen LogP contribution in [0, 0.1) is 5.41 Å². The predicted octanol–water partition coefficient (Wildman–Crippen LogP) is 8.26. The maximum Gasteiger partial charge on any atom is 0.416 e. The van der Waals surface area contributed by atoms with Crippen molar-refractivity contribution >= 4 is 10.3 Å². The van der Waals surface area contributed by atoms with Crippen molar-refractivity contribution in [2.75, 3.05) is 25.7 Å². The van der Waals surface area contributed by atoms with E-state index in [1.54, 1.807) is 0 Å². The van der Waals surface area contributed by atoms with Crippen molar-refractivity contribution in [1.29, 1.82) is 0 Å². The molecule has 3 heterocycles. The molecule has 1 aromatic carbocycles. The highest BCUT2D eigenvalue weighted by Crippen LogP contribution is 2.63. The Labute approximate surface area is 250 Å². The second kappa shape index (κ2) is 10.2. The van der Waals surface area contributed by atoms with Gasteiger partial charge in [0.1, 0.15) is 5.60 Å². The highest BCUT2D eigenvalue weighted by atomic mass is 32.3. The van der Waals surface area contributed by atoms with Gasteiger partial charge in [0.15, 0.2) is 0 Å². The fourth-order valence-corrected chi connectivity index (χ4v) is 7.59. The number of aromatic nitrogens is 1. The third-order valence-corrected chi connectivity index (χ3v) is 13.1. The lowest BCUT2D eigenvalue weighted by molar-refractivity contribution is -0.251. The molecule has 1 N–H and O–H groups in total. The number of hydrogen-bond donors (Lipinski definition) is 1. The number of benzene rings is 1. The van der Waals surface area contributed by atoms with Gasteiger partial charge in [0.2, 0.25) is 5.79 Å². The molecule has 5 rings (SSSR count). The zero-order valence-corrected chi connectivity index (χ0v) is 27.2. The summed E-state index contributed by atoms with van der Waals surface area (Å²) < 4.78 is 60.1. The summed E-state index contributed by atoms with van der Waals surface area (Å²) in [5, 5.41) is 12.6. The monoisotopic (exact) mass is 609 g/mol. The Morgan fingerprint density at radius 1 is 1.02 bits per heavy atom. The molecule has 1 fully saturated rings. The normalized spacial score (nSPS) is 25.9. The first-order valence-electron chi connectivity index (χ1n) is 14.9. The van der Waals surface area contributed by atoms with Gasteiger partial charge in [-0.3, -0.25) is 4.98 Å². The number of nitrogens with zero attached hydrogens (tertiary/aromatic N) is 1. The van der Waals surface area contributed by atoms with E-state index in [0.29, 0.717) is 37.3 Å². The minimum absolute atomic E-state index is 0.0629. The molecule has 5 nitrogen and oxygen atoms in total. The summed E-state index contributed by atoms with van der Waals surface area (Å²) >= 11 is 0. The number of ether oxygens (including phenoxy) is 2. The van der Waals surface area contributed by atoms with Crippen molar-refractivity contribution in [3.05, 3.63) is 63.5 Å². The van der Waals surface area contributed by atoms with Crippen LogP contribution in [0.3, 0.4) is 0 Å². The van der Waals surface area contributed by atoms with Crippen LogP contribution in [0.4, 0.5) is 13.2 Å². The lowest BCUT2D eigenvalue weighted by Gasteiger charge is -2.49. The van der Waals surface area contributed by atoms with Crippen molar-refractivity contribution in [2.45, 2.75) is 108 Å². The quantitative estimate of drug-likeness (QED) is 0.378. The van der Waals surface area contributed by atoms with Crippen molar-refractivity contribution in [2.24, 2.45) is 5.41 Å². The predicted molar refractivity (Wildman–Crippen MR) is 161 cm³/mol. The molecule has 0 bridgehead atoms. The molecule has 3 aliphatic rings. The fraction of sp³-hybridized carbons (Fsp3) is 0.667. The fourth-order valence-electron chi connectivity index (χ4n) is 6.56. The third-order valence-electron chi connectivity index (χ3n) is 9.47. The molecule has 2 atom stereocenters. The summed E-state index contributed by atoms with van der Waals surface area (Å²) in [5.41, 5.74) is 2.69. The van der Waals surface area contributed by atoms with Crippen LogP contribution in [0.5, 0.6) is 0 Å². The highest BCUT2D eigenvalue weighted by molar-refractivity contribution is 8.29. The summed E-state index contributed by atoms with van der Waals surface area (Å²) in [7, 11) is -1.54. The summed E-state index contributed by atoms with van der Waals surface area (Å²) in [6, 6.07) is 4.68. The number of aliphatic hydroxyl groups is 1. The summed E-state index contributed by atoms with van der Waals surface area (Å²) in [6.07, 6.45) is 2.21. The first kappa shape index (κ1) is 31.8. The first-order valence-corrected chi connectivity index (χ1v) is 17.3. The van der Waals surface area contributed by atoms with E-state index in [2.05, 4.69) is 47.1 Å². The van der Waals surface area contributed by atoms with Crippen molar-refractivity contribution < 1.29 is 31.9 Å². The maximum atomic E-state index is 13.5. The van der Waals surface area contributed by atoms with Crippen molar-refractivity contribution in [3.8, 4) is 0 Å². The maximum absolute atomic E-state index is 13.5. The Morgan fingerprint density at radius 2 is 1.62 bits per heavy atom. The summed E-state index contributed by atoms with van der Waals surface area (Å²) in [5.74, 6) is -2.04. The van der Waals surface area contributed by atoms with Crippen molar-refractivity contribution in [1.82, 2.24) is 4.98 Å². The number of hydrogen-bond acceptors (Lipinski definition) is 5. The molecule has 2 aliphatic heterocycles. The SMILES string of the molecule is CC(C)c1nc2c(c3c1C(O)(c1ccc(C(F)(F)F)cc1)OC31CCOCC1)C(OS(C)(C)C(C)(C)C)CC(C)(C)C2. The average molecular weight is 610 g/mol. The lowest BCUT2D eigenvalue weighted by Crippen LogP contribution is -2.39. The smallest absolute Gasteiger partial charge is 0.381 e. The van der Waals surface area contributed by atoms with E-state index in [9.17, 15) is 18.3 Å². The molecule has 1 aliphatic carbocycles. The van der Waals surface area contributed by atoms with Crippen LogP contribution in [0.15, 0.2) is 24.3 Å². The molecule has 0 amide bonds. The third kappa shape index (κ3) is 5.31. The molecule has 1 aromatic heterocycles.